The van der Waals surface area contributed by atoms with Crippen molar-refractivity contribution in [1.82, 2.24) is 5.32 Å². The van der Waals surface area contributed by atoms with Gasteiger partial charge in [0.05, 0.1) is 5.75 Å². The van der Waals surface area contributed by atoms with Gasteiger partial charge >= 0.3 is 0 Å². The fraction of sp³-hybridized carbons (Fsp3) is 1.00. The van der Waals surface area contributed by atoms with E-state index in [4.69, 9.17) is 0 Å². The largest absolute Gasteiger partial charge is 0.316 e. The van der Waals surface area contributed by atoms with E-state index in [1.54, 1.807) is 6.92 Å². The molecule has 0 heterocycles. The summed E-state index contributed by atoms with van der Waals surface area (Å²) in [4.78, 5) is 0. The molecule has 18 heavy (non-hydrogen) atoms. The Kier molecular flexibility index (Phi) is 6.12. The second-order valence-corrected chi connectivity index (χ2v) is 8.69. The molecule has 0 spiro atoms. The molecule has 0 radical (unpaired) electrons. The van der Waals surface area contributed by atoms with Crippen molar-refractivity contribution in [2.75, 3.05) is 24.6 Å². The molecule has 4 heteroatoms. The molecule has 1 saturated carbocycles. The van der Waals surface area contributed by atoms with Crippen LogP contribution in [-0.4, -0.2) is 33.0 Å². The summed E-state index contributed by atoms with van der Waals surface area (Å²) in [5.41, 5.74) is 0.247. The Labute approximate surface area is 113 Å². The number of hydrogen-bond acceptors (Lipinski definition) is 3. The topological polar surface area (TPSA) is 46.2 Å². The van der Waals surface area contributed by atoms with Crippen LogP contribution >= 0.6 is 0 Å². The van der Waals surface area contributed by atoms with Gasteiger partial charge in [-0.25, -0.2) is 8.42 Å². The first-order valence-electron chi connectivity index (χ1n) is 7.30. The fourth-order valence-corrected chi connectivity index (χ4v) is 3.82. The van der Waals surface area contributed by atoms with Crippen LogP contribution in [0.1, 0.15) is 52.9 Å². The van der Waals surface area contributed by atoms with Gasteiger partial charge in [-0.2, -0.15) is 0 Å². The molecule has 0 saturated heterocycles. The smallest absolute Gasteiger partial charge is 0.150 e. The van der Waals surface area contributed by atoms with Crippen LogP contribution in [-0.2, 0) is 9.84 Å². The van der Waals surface area contributed by atoms with Gasteiger partial charge in [-0.1, -0.05) is 33.6 Å². The Bertz CT molecular complexity index is 330. The van der Waals surface area contributed by atoms with Crippen LogP contribution in [0.15, 0.2) is 0 Å². The van der Waals surface area contributed by atoms with Crippen LogP contribution in [0.5, 0.6) is 0 Å². The van der Waals surface area contributed by atoms with E-state index in [1.807, 2.05) is 0 Å². The van der Waals surface area contributed by atoms with Crippen LogP contribution in [0.3, 0.4) is 0 Å². The molecule has 1 aliphatic rings. The third kappa shape index (κ3) is 5.27. The van der Waals surface area contributed by atoms with E-state index >= 15 is 0 Å². The van der Waals surface area contributed by atoms with Crippen molar-refractivity contribution in [1.29, 1.82) is 0 Å². The predicted octanol–water partition coefficient (Wildman–Crippen LogP) is 2.62. The number of hydrogen-bond donors (Lipinski definition) is 1. The lowest BCUT2D eigenvalue weighted by molar-refractivity contribution is 0.265. The van der Waals surface area contributed by atoms with E-state index in [-0.39, 0.29) is 11.2 Å². The Hall–Kier alpha value is -0.0900. The zero-order chi connectivity index (χ0) is 13.6. The highest BCUT2D eigenvalue weighted by molar-refractivity contribution is 7.91. The molecule has 1 rings (SSSR count). The van der Waals surface area contributed by atoms with Gasteiger partial charge in [0.2, 0.25) is 0 Å². The Morgan fingerprint density at radius 3 is 2.33 bits per heavy atom. The third-order valence-corrected chi connectivity index (χ3v) is 5.81. The molecule has 0 unspecified atom stereocenters. The molecule has 1 fully saturated rings. The molecule has 108 valence electrons. The highest BCUT2D eigenvalue weighted by Gasteiger charge is 2.34. The second-order valence-electron chi connectivity index (χ2n) is 6.22. The monoisotopic (exact) mass is 275 g/mol. The first kappa shape index (κ1) is 16.0. The van der Waals surface area contributed by atoms with E-state index in [2.05, 4.69) is 19.2 Å². The normalized spacial score (nSPS) is 19.6. The third-order valence-electron chi connectivity index (χ3n) is 4.10. The SMILES string of the molecule is CCS(=O)(=O)CCC1(CNCC(C)C)CCCC1. The fourth-order valence-electron chi connectivity index (χ4n) is 2.78. The lowest BCUT2D eigenvalue weighted by atomic mass is 9.83. The van der Waals surface area contributed by atoms with Crippen LogP contribution in [0.4, 0.5) is 0 Å². The van der Waals surface area contributed by atoms with Crippen molar-refractivity contribution in [2.45, 2.75) is 52.9 Å². The standard InChI is InChI=1S/C14H29NO2S/c1-4-18(16,17)10-9-14(7-5-6-8-14)12-15-11-13(2)3/h13,15H,4-12H2,1-3H3. The maximum atomic E-state index is 11.7. The van der Waals surface area contributed by atoms with Crippen molar-refractivity contribution in [3.8, 4) is 0 Å². The summed E-state index contributed by atoms with van der Waals surface area (Å²) in [6.45, 7) is 8.17. The summed E-state index contributed by atoms with van der Waals surface area (Å²) in [6.07, 6.45) is 5.74. The number of nitrogens with one attached hydrogen (secondary N) is 1. The van der Waals surface area contributed by atoms with Gasteiger partial charge < -0.3 is 5.32 Å². The van der Waals surface area contributed by atoms with Gasteiger partial charge in [0.25, 0.3) is 0 Å². The van der Waals surface area contributed by atoms with Crippen LogP contribution in [0.25, 0.3) is 0 Å². The number of sulfone groups is 1. The van der Waals surface area contributed by atoms with Crippen molar-refractivity contribution in [3.05, 3.63) is 0 Å². The second kappa shape index (κ2) is 6.90. The molecule has 1 N–H and O–H groups in total. The van der Waals surface area contributed by atoms with E-state index in [0.717, 1.165) is 19.5 Å². The summed E-state index contributed by atoms with van der Waals surface area (Å²) in [5, 5.41) is 3.53. The van der Waals surface area contributed by atoms with Crippen LogP contribution < -0.4 is 5.32 Å². The molecule has 0 bridgehead atoms. The highest BCUT2D eigenvalue weighted by Crippen LogP contribution is 2.40. The van der Waals surface area contributed by atoms with Crippen LogP contribution in [0.2, 0.25) is 0 Å². The van der Waals surface area contributed by atoms with Crippen molar-refractivity contribution < 1.29 is 8.42 Å². The Balaban J connectivity index is 2.47. The molecule has 3 nitrogen and oxygen atoms in total. The Morgan fingerprint density at radius 1 is 1.22 bits per heavy atom. The van der Waals surface area contributed by atoms with Crippen molar-refractivity contribution in [3.63, 3.8) is 0 Å². The summed E-state index contributed by atoms with van der Waals surface area (Å²) in [6, 6.07) is 0. The summed E-state index contributed by atoms with van der Waals surface area (Å²) >= 11 is 0. The van der Waals surface area contributed by atoms with Gasteiger partial charge in [-0.3, -0.25) is 0 Å². The summed E-state index contributed by atoms with van der Waals surface area (Å²) in [5.74, 6) is 1.30. The van der Waals surface area contributed by atoms with Gasteiger partial charge in [0.15, 0.2) is 0 Å². The maximum absolute atomic E-state index is 11.7. The molecule has 0 aliphatic heterocycles. The highest BCUT2D eigenvalue weighted by atomic mass is 32.2. The first-order chi connectivity index (χ1) is 8.39. The lowest BCUT2D eigenvalue weighted by Crippen LogP contribution is -2.35. The lowest BCUT2D eigenvalue weighted by Gasteiger charge is -2.29. The van der Waals surface area contributed by atoms with E-state index in [9.17, 15) is 8.42 Å². The minimum atomic E-state index is -2.81. The maximum Gasteiger partial charge on any atom is 0.150 e. The number of rotatable bonds is 8. The molecular formula is C14H29NO2S. The predicted molar refractivity (Wildman–Crippen MR) is 77.6 cm³/mol. The summed E-state index contributed by atoms with van der Waals surface area (Å²) < 4.78 is 23.3. The molecule has 0 aromatic rings. The average molecular weight is 275 g/mol. The average Bonchev–Trinajstić information content (AvgIpc) is 2.76. The van der Waals surface area contributed by atoms with Crippen molar-refractivity contribution in [2.24, 2.45) is 11.3 Å². The molecule has 0 aromatic carbocycles. The van der Waals surface area contributed by atoms with Crippen LogP contribution in [0, 0.1) is 11.3 Å². The van der Waals surface area contributed by atoms with E-state index in [0.29, 0.717) is 11.7 Å². The first-order valence-corrected chi connectivity index (χ1v) is 9.12. The minimum Gasteiger partial charge on any atom is -0.316 e. The van der Waals surface area contributed by atoms with E-state index in [1.165, 1.54) is 25.7 Å². The van der Waals surface area contributed by atoms with E-state index < -0.39 is 9.84 Å². The van der Waals surface area contributed by atoms with Crippen molar-refractivity contribution >= 4 is 9.84 Å². The van der Waals surface area contributed by atoms with Gasteiger partial charge in [0.1, 0.15) is 9.84 Å². The minimum absolute atomic E-state index is 0.247. The molecule has 1 aliphatic carbocycles. The molecule has 0 amide bonds. The Morgan fingerprint density at radius 2 is 1.83 bits per heavy atom. The zero-order valence-electron chi connectivity index (χ0n) is 12.2. The molecular weight excluding hydrogens is 246 g/mol. The van der Waals surface area contributed by atoms with Gasteiger partial charge in [-0.05, 0) is 37.1 Å². The van der Waals surface area contributed by atoms with Gasteiger partial charge in [0, 0.05) is 12.3 Å². The molecule has 0 aromatic heterocycles. The summed E-state index contributed by atoms with van der Waals surface area (Å²) in [7, 11) is -2.81. The zero-order valence-corrected chi connectivity index (χ0v) is 13.0. The molecule has 0 atom stereocenters. The van der Waals surface area contributed by atoms with Gasteiger partial charge in [-0.15, -0.1) is 0 Å². The quantitative estimate of drug-likeness (QED) is 0.740.